The lowest BCUT2D eigenvalue weighted by Crippen LogP contribution is -2.09. The first-order chi connectivity index (χ1) is 7.13. The third-order valence-electron chi connectivity index (χ3n) is 2.52. The van der Waals surface area contributed by atoms with Crippen molar-refractivity contribution in [3.05, 3.63) is 23.8 Å². The topological polar surface area (TPSA) is 35.2 Å². The van der Waals surface area contributed by atoms with Crippen LogP contribution in [0.4, 0.5) is 5.69 Å². The van der Waals surface area contributed by atoms with Crippen molar-refractivity contribution in [3.8, 4) is 5.75 Å². The van der Waals surface area contributed by atoms with E-state index in [2.05, 4.69) is 13.8 Å². The molecule has 15 heavy (non-hydrogen) atoms. The highest BCUT2D eigenvalue weighted by atomic mass is 16.5. The summed E-state index contributed by atoms with van der Waals surface area (Å²) in [6.07, 6.45) is 2.42. The lowest BCUT2D eigenvalue weighted by Gasteiger charge is -2.14. The second kappa shape index (κ2) is 5.64. The van der Waals surface area contributed by atoms with Gasteiger partial charge >= 0.3 is 0 Å². The van der Waals surface area contributed by atoms with Gasteiger partial charge in [0.15, 0.2) is 0 Å². The zero-order chi connectivity index (χ0) is 11.3. The average Bonchev–Trinajstić information content (AvgIpc) is 2.20. The Morgan fingerprint density at radius 1 is 1.40 bits per heavy atom. The van der Waals surface area contributed by atoms with Gasteiger partial charge in [-0.1, -0.05) is 26.3 Å². The molecule has 0 amide bonds. The van der Waals surface area contributed by atoms with Gasteiger partial charge in [-0.25, -0.2) is 0 Å². The predicted molar refractivity (Wildman–Crippen MR) is 65.2 cm³/mol. The Morgan fingerprint density at radius 3 is 2.80 bits per heavy atom. The van der Waals surface area contributed by atoms with E-state index >= 15 is 0 Å². The number of hydrogen-bond acceptors (Lipinski definition) is 2. The van der Waals surface area contributed by atoms with Gasteiger partial charge in [0.25, 0.3) is 0 Å². The van der Waals surface area contributed by atoms with Gasteiger partial charge in [0.05, 0.1) is 6.61 Å². The van der Waals surface area contributed by atoms with Crippen LogP contribution in [-0.2, 0) is 0 Å². The molecule has 0 aliphatic carbocycles. The molecule has 0 bridgehead atoms. The Hall–Kier alpha value is -1.18. The Labute approximate surface area is 92.4 Å². The Bertz CT molecular complexity index is 309. The van der Waals surface area contributed by atoms with Gasteiger partial charge in [-0.3, -0.25) is 0 Å². The van der Waals surface area contributed by atoms with Crippen molar-refractivity contribution in [1.82, 2.24) is 0 Å². The van der Waals surface area contributed by atoms with E-state index < -0.39 is 0 Å². The van der Waals surface area contributed by atoms with Gasteiger partial charge in [-0.15, -0.1) is 0 Å². The molecular formula is C13H21NO. The van der Waals surface area contributed by atoms with E-state index in [9.17, 15) is 0 Å². The maximum absolute atomic E-state index is 5.75. The van der Waals surface area contributed by atoms with Crippen LogP contribution < -0.4 is 10.5 Å². The molecule has 1 rings (SSSR count). The Balaban J connectivity index is 2.53. The minimum absolute atomic E-state index is 0.607. The minimum atomic E-state index is 0.607. The lowest BCUT2D eigenvalue weighted by atomic mass is 10.1. The van der Waals surface area contributed by atoms with Crippen molar-refractivity contribution in [2.45, 2.75) is 33.6 Å². The smallest absolute Gasteiger partial charge is 0.124 e. The van der Waals surface area contributed by atoms with Crippen LogP contribution in [0.15, 0.2) is 18.2 Å². The number of hydrogen-bond donors (Lipinski definition) is 1. The molecule has 0 radical (unpaired) electrons. The predicted octanol–water partition coefficient (Wildman–Crippen LogP) is 3.39. The normalized spacial score (nSPS) is 12.5. The highest BCUT2D eigenvalue weighted by molar-refractivity contribution is 5.47. The minimum Gasteiger partial charge on any atom is -0.493 e. The van der Waals surface area contributed by atoms with Crippen molar-refractivity contribution < 1.29 is 4.74 Å². The summed E-state index contributed by atoms with van der Waals surface area (Å²) in [7, 11) is 0. The lowest BCUT2D eigenvalue weighted by molar-refractivity contribution is 0.250. The quantitative estimate of drug-likeness (QED) is 0.751. The third kappa shape index (κ3) is 3.82. The maximum Gasteiger partial charge on any atom is 0.124 e. The first kappa shape index (κ1) is 11.9. The van der Waals surface area contributed by atoms with Crippen LogP contribution in [0, 0.1) is 12.8 Å². The first-order valence-corrected chi connectivity index (χ1v) is 5.62. The number of nitrogens with two attached hydrogens (primary N) is 1. The van der Waals surface area contributed by atoms with Crippen LogP contribution in [0.3, 0.4) is 0 Å². The second-order valence-electron chi connectivity index (χ2n) is 4.23. The Kier molecular flexibility index (Phi) is 4.47. The molecule has 0 heterocycles. The number of rotatable bonds is 5. The van der Waals surface area contributed by atoms with Gasteiger partial charge in [-0.05, 0) is 30.9 Å². The van der Waals surface area contributed by atoms with Crippen molar-refractivity contribution >= 4 is 5.69 Å². The number of nitrogen functional groups attached to an aromatic ring is 1. The number of anilines is 1. The summed E-state index contributed by atoms with van der Waals surface area (Å²) in [5.74, 6) is 1.52. The van der Waals surface area contributed by atoms with E-state index in [1.54, 1.807) is 0 Å². The molecule has 0 aliphatic rings. The monoisotopic (exact) mass is 207 g/mol. The molecule has 0 aromatic heterocycles. The molecule has 1 aromatic rings. The molecule has 1 atom stereocenters. The SMILES string of the molecule is CCCC(C)COc1cc(N)ccc1C. The summed E-state index contributed by atoms with van der Waals surface area (Å²) < 4.78 is 5.75. The summed E-state index contributed by atoms with van der Waals surface area (Å²) in [4.78, 5) is 0. The summed E-state index contributed by atoms with van der Waals surface area (Å²) >= 11 is 0. The average molecular weight is 207 g/mol. The number of ether oxygens (including phenoxy) is 1. The van der Waals surface area contributed by atoms with Crippen molar-refractivity contribution in [2.24, 2.45) is 5.92 Å². The molecule has 0 saturated heterocycles. The molecule has 1 aromatic carbocycles. The summed E-state index contributed by atoms with van der Waals surface area (Å²) in [5.41, 5.74) is 7.62. The van der Waals surface area contributed by atoms with E-state index in [0.29, 0.717) is 5.92 Å². The highest BCUT2D eigenvalue weighted by Crippen LogP contribution is 2.21. The molecule has 0 aliphatic heterocycles. The zero-order valence-electron chi connectivity index (χ0n) is 9.92. The fourth-order valence-electron chi connectivity index (χ4n) is 1.58. The second-order valence-corrected chi connectivity index (χ2v) is 4.23. The van der Waals surface area contributed by atoms with Crippen LogP contribution in [0.1, 0.15) is 32.3 Å². The molecule has 1 unspecified atom stereocenters. The molecule has 84 valence electrons. The van der Waals surface area contributed by atoms with Crippen LogP contribution in [0.2, 0.25) is 0 Å². The van der Waals surface area contributed by atoms with Gasteiger partial charge in [-0.2, -0.15) is 0 Å². The molecule has 2 nitrogen and oxygen atoms in total. The van der Waals surface area contributed by atoms with Gasteiger partial charge < -0.3 is 10.5 Å². The van der Waals surface area contributed by atoms with Crippen LogP contribution in [0.25, 0.3) is 0 Å². The highest BCUT2D eigenvalue weighted by Gasteiger charge is 2.04. The Morgan fingerprint density at radius 2 is 2.13 bits per heavy atom. The maximum atomic E-state index is 5.75. The fourth-order valence-corrected chi connectivity index (χ4v) is 1.58. The summed E-state index contributed by atoms with van der Waals surface area (Å²) in [5, 5.41) is 0. The molecule has 0 fully saturated rings. The van der Waals surface area contributed by atoms with E-state index in [0.717, 1.165) is 23.6 Å². The van der Waals surface area contributed by atoms with Crippen molar-refractivity contribution in [3.63, 3.8) is 0 Å². The zero-order valence-corrected chi connectivity index (χ0v) is 9.92. The van der Waals surface area contributed by atoms with Gasteiger partial charge in [0, 0.05) is 11.8 Å². The van der Waals surface area contributed by atoms with Gasteiger partial charge in [0.1, 0.15) is 5.75 Å². The first-order valence-electron chi connectivity index (χ1n) is 5.62. The van der Waals surface area contributed by atoms with Crippen molar-refractivity contribution in [1.29, 1.82) is 0 Å². The third-order valence-corrected chi connectivity index (χ3v) is 2.52. The molecule has 0 spiro atoms. The largest absolute Gasteiger partial charge is 0.493 e. The van der Waals surface area contributed by atoms with Gasteiger partial charge in [0.2, 0.25) is 0 Å². The molecular weight excluding hydrogens is 186 g/mol. The fraction of sp³-hybridized carbons (Fsp3) is 0.538. The van der Waals surface area contributed by atoms with Crippen LogP contribution >= 0.6 is 0 Å². The summed E-state index contributed by atoms with van der Waals surface area (Å²) in [6, 6.07) is 5.79. The van der Waals surface area contributed by atoms with E-state index in [1.807, 2.05) is 25.1 Å². The van der Waals surface area contributed by atoms with Crippen LogP contribution in [-0.4, -0.2) is 6.61 Å². The van der Waals surface area contributed by atoms with Crippen LogP contribution in [0.5, 0.6) is 5.75 Å². The molecule has 0 saturated carbocycles. The standard InChI is InChI=1S/C13H21NO/c1-4-5-10(2)9-15-13-8-12(14)7-6-11(13)3/h6-8,10H,4-5,9,14H2,1-3H3. The van der Waals surface area contributed by atoms with Crippen molar-refractivity contribution in [2.75, 3.05) is 12.3 Å². The number of aryl methyl sites for hydroxylation is 1. The van der Waals surface area contributed by atoms with E-state index in [4.69, 9.17) is 10.5 Å². The molecule has 2 N–H and O–H groups in total. The van der Waals surface area contributed by atoms with E-state index in [1.165, 1.54) is 12.8 Å². The van der Waals surface area contributed by atoms with E-state index in [-0.39, 0.29) is 0 Å². The number of benzene rings is 1. The molecule has 2 heteroatoms. The summed E-state index contributed by atoms with van der Waals surface area (Å²) in [6.45, 7) is 7.23.